The molecular formula is C17H28N4O2. The summed E-state index contributed by atoms with van der Waals surface area (Å²) in [6, 6.07) is 6.84. The fourth-order valence-corrected chi connectivity index (χ4v) is 1.97. The van der Waals surface area contributed by atoms with Crippen LogP contribution in [0.15, 0.2) is 24.3 Å². The third-order valence-electron chi connectivity index (χ3n) is 3.54. The summed E-state index contributed by atoms with van der Waals surface area (Å²) < 4.78 is 0. The zero-order chi connectivity index (χ0) is 17.2. The maximum atomic E-state index is 11.8. The lowest BCUT2D eigenvalue weighted by atomic mass is 10.2. The molecule has 23 heavy (non-hydrogen) atoms. The van der Waals surface area contributed by atoms with Crippen LogP contribution in [0.3, 0.4) is 0 Å². The third-order valence-corrected chi connectivity index (χ3v) is 3.54. The van der Waals surface area contributed by atoms with E-state index in [2.05, 4.69) is 34.7 Å². The van der Waals surface area contributed by atoms with Gasteiger partial charge in [-0.3, -0.25) is 4.79 Å². The number of likely N-dealkylation sites (N-methyl/N-ethyl adjacent to an activating group) is 1. The number of benzene rings is 1. The Morgan fingerprint density at radius 1 is 1.00 bits per heavy atom. The molecule has 1 aromatic carbocycles. The van der Waals surface area contributed by atoms with Gasteiger partial charge in [-0.05, 0) is 37.4 Å². The summed E-state index contributed by atoms with van der Waals surface area (Å²) in [5.41, 5.74) is 1.41. The maximum absolute atomic E-state index is 11.8. The Morgan fingerprint density at radius 2 is 1.52 bits per heavy atom. The van der Waals surface area contributed by atoms with Crippen molar-refractivity contribution in [1.82, 2.24) is 10.2 Å². The minimum atomic E-state index is -0.226. The fraction of sp³-hybridized carbons (Fsp3) is 0.529. The summed E-state index contributed by atoms with van der Waals surface area (Å²) in [7, 11) is 0. The van der Waals surface area contributed by atoms with Crippen molar-refractivity contribution >= 4 is 23.3 Å². The highest BCUT2D eigenvalue weighted by atomic mass is 16.2. The molecule has 0 aromatic heterocycles. The SMILES string of the molecule is CCN(CC)CCNC(=O)Nc1ccc(NC(=O)C(C)C)cc1. The van der Waals surface area contributed by atoms with Crippen LogP contribution < -0.4 is 16.0 Å². The van der Waals surface area contributed by atoms with Crippen LogP contribution in [0.25, 0.3) is 0 Å². The molecule has 6 nitrogen and oxygen atoms in total. The van der Waals surface area contributed by atoms with Crippen molar-refractivity contribution in [2.45, 2.75) is 27.7 Å². The number of carbonyl (C=O) groups is 2. The summed E-state index contributed by atoms with van der Waals surface area (Å²) in [5, 5.41) is 8.41. The molecule has 0 saturated carbocycles. The Balaban J connectivity index is 2.39. The number of urea groups is 1. The first-order chi connectivity index (χ1) is 11.0. The van der Waals surface area contributed by atoms with Gasteiger partial charge in [-0.15, -0.1) is 0 Å². The first kappa shape index (κ1) is 19.0. The summed E-state index contributed by atoms with van der Waals surface area (Å²) >= 11 is 0. The molecule has 0 aliphatic heterocycles. The van der Waals surface area contributed by atoms with Gasteiger partial charge in [0.1, 0.15) is 0 Å². The Kier molecular flexibility index (Phi) is 8.11. The van der Waals surface area contributed by atoms with Crippen LogP contribution in [0.1, 0.15) is 27.7 Å². The minimum Gasteiger partial charge on any atom is -0.337 e. The van der Waals surface area contributed by atoms with Gasteiger partial charge in [0.05, 0.1) is 0 Å². The molecule has 128 valence electrons. The van der Waals surface area contributed by atoms with Crippen LogP contribution in [0.2, 0.25) is 0 Å². The van der Waals surface area contributed by atoms with E-state index in [-0.39, 0.29) is 17.9 Å². The zero-order valence-corrected chi connectivity index (χ0v) is 14.5. The molecule has 0 saturated heterocycles. The number of carbonyl (C=O) groups excluding carboxylic acids is 2. The van der Waals surface area contributed by atoms with E-state index in [0.717, 1.165) is 25.3 Å². The molecule has 6 heteroatoms. The fourth-order valence-electron chi connectivity index (χ4n) is 1.97. The van der Waals surface area contributed by atoms with E-state index in [1.54, 1.807) is 24.3 Å². The van der Waals surface area contributed by atoms with E-state index in [9.17, 15) is 9.59 Å². The lowest BCUT2D eigenvalue weighted by Crippen LogP contribution is -2.36. The monoisotopic (exact) mass is 320 g/mol. The van der Waals surface area contributed by atoms with Crippen molar-refractivity contribution in [3.63, 3.8) is 0 Å². The van der Waals surface area contributed by atoms with Gasteiger partial charge in [-0.1, -0.05) is 27.7 Å². The van der Waals surface area contributed by atoms with Crippen LogP contribution in [-0.2, 0) is 4.79 Å². The number of hydrogen-bond donors (Lipinski definition) is 3. The molecular weight excluding hydrogens is 292 g/mol. The van der Waals surface area contributed by atoms with Gasteiger partial charge >= 0.3 is 6.03 Å². The van der Waals surface area contributed by atoms with Gasteiger partial charge in [-0.2, -0.15) is 0 Å². The van der Waals surface area contributed by atoms with E-state index >= 15 is 0 Å². The van der Waals surface area contributed by atoms with Crippen LogP contribution in [0.5, 0.6) is 0 Å². The molecule has 0 aliphatic rings. The average molecular weight is 320 g/mol. The van der Waals surface area contributed by atoms with Gasteiger partial charge in [0.2, 0.25) is 5.91 Å². The Hall–Kier alpha value is -2.08. The summed E-state index contributed by atoms with van der Waals surface area (Å²) in [6.07, 6.45) is 0. The predicted octanol–water partition coefficient (Wildman–Crippen LogP) is 2.74. The zero-order valence-electron chi connectivity index (χ0n) is 14.5. The van der Waals surface area contributed by atoms with Crippen LogP contribution in [0, 0.1) is 5.92 Å². The molecule has 0 fully saturated rings. The molecule has 0 atom stereocenters. The Bertz CT molecular complexity index is 496. The van der Waals surface area contributed by atoms with Gasteiger partial charge in [-0.25, -0.2) is 4.79 Å². The molecule has 3 amide bonds. The molecule has 1 rings (SSSR count). The van der Waals surface area contributed by atoms with E-state index in [1.165, 1.54) is 0 Å². The largest absolute Gasteiger partial charge is 0.337 e. The topological polar surface area (TPSA) is 73.5 Å². The normalized spacial score (nSPS) is 10.7. The van der Waals surface area contributed by atoms with Gasteiger partial charge in [0.15, 0.2) is 0 Å². The first-order valence-corrected chi connectivity index (χ1v) is 8.14. The highest BCUT2D eigenvalue weighted by molar-refractivity contribution is 5.93. The second-order valence-corrected chi connectivity index (χ2v) is 5.63. The number of nitrogens with one attached hydrogen (secondary N) is 3. The summed E-state index contributed by atoms with van der Waals surface area (Å²) in [4.78, 5) is 25.7. The number of amides is 3. The van der Waals surface area contributed by atoms with Crippen molar-refractivity contribution in [2.24, 2.45) is 5.92 Å². The smallest absolute Gasteiger partial charge is 0.319 e. The van der Waals surface area contributed by atoms with Gasteiger partial charge in [0, 0.05) is 30.4 Å². The molecule has 1 aromatic rings. The van der Waals surface area contributed by atoms with E-state index in [0.29, 0.717) is 12.2 Å². The highest BCUT2D eigenvalue weighted by Gasteiger charge is 2.07. The van der Waals surface area contributed by atoms with E-state index in [4.69, 9.17) is 0 Å². The average Bonchev–Trinajstić information content (AvgIpc) is 2.53. The summed E-state index contributed by atoms with van der Waals surface area (Å²) in [6.45, 7) is 11.3. The van der Waals surface area contributed by atoms with Crippen molar-refractivity contribution in [3.05, 3.63) is 24.3 Å². The molecule has 0 bridgehead atoms. The summed E-state index contributed by atoms with van der Waals surface area (Å²) in [5.74, 6) is -0.0933. The predicted molar refractivity (Wildman–Crippen MR) is 94.7 cm³/mol. The number of nitrogens with zero attached hydrogens (tertiary/aromatic N) is 1. The van der Waals surface area contributed by atoms with Crippen LogP contribution >= 0.6 is 0 Å². The maximum Gasteiger partial charge on any atom is 0.319 e. The number of rotatable bonds is 8. The molecule has 0 spiro atoms. The molecule has 3 N–H and O–H groups in total. The van der Waals surface area contributed by atoms with E-state index in [1.807, 2.05) is 13.8 Å². The number of anilines is 2. The highest BCUT2D eigenvalue weighted by Crippen LogP contribution is 2.14. The van der Waals surface area contributed by atoms with Crippen molar-refractivity contribution in [2.75, 3.05) is 36.8 Å². The molecule has 0 unspecified atom stereocenters. The minimum absolute atomic E-state index is 0.0279. The Labute approximate surface area is 138 Å². The Morgan fingerprint density at radius 3 is 2.00 bits per heavy atom. The second kappa shape index (κ2) is 9.84. The lowest BCUT2D eigenvalue weighted by Gasteiger charge is -2.18. The third kappa shape index (κ3) is 7.15. The lowest BCUT2D eigenvalue weighted by molar-refractivity contribution is -0.118. The number of hydrogen-bond acceptors (Lipinski definition) is 3. The van der Waals surface area contributed by atoms with Crippen molar-refractivity contribution < 1.29 is 9.59 Å². The van der Waals surface area contributed by atoms with Gasteiger partial charge < -0.3 is 20.9 Å². The first-order valence-electron chi connectivity index (χ1n) is 8.14. The molecule has 0 aliphatic carbocycles. The van der Waals surface area contributed by atoms with E-state index < -0.39 is 0 Å². The van der Waals surface area contributed by atoms with Crippen molar-refractivity contribution in [3.8, 4) is 0 Å². The quantitative estimate of drug-likeness (QED) is 0.689. The molecule has 0 radical (unpaired) electrons. The standard InChI is InChI=1S/C17H28N4O2/c1-5-21(6-2)12-11-18-17(23)20-15-9-7-14(8-10-15)19-16(22)13(3)4/h7-10,13H,5-6,11-12H2,1-4H3,(H,19,22)(H2,18,20,23). The van der Waals surface area contributed by atoms with Crippen LogP contribution in [-0.4, -0.2) is 43.0 Å². The van der Waals surface area contributed by atoms with Gasteiger partial charge in [0.25, 0.3) is 0 Å². The van der Waals surface area contributed by atoms with Crippen molar-refractivity contribution in [1.29, 1.82) is 0 Å². The molecule has 0 heterocycles. The van der Waals surface area contributed by atoms with Crippen LogP contribution in [0.4, 0.5) is 16.2 Å². The second-order valence-electron chi connectivity index (χ2n) is 5.63.